The molecule has 1 heterocycles. The van der Waals surface area contributed by atoms with Gasteiger partial charge in [0, 0.05) is 12.1 Å². The number of benzene rings is 1. The van der Waals surface area contributed by atoms with E-state index in [0.717, 1.165) is 11.5 Å². The van der Waals surface area contributed by atoms with Crippen LogP contribution in [-0.4, -0.2) is 6.36 Å². The minimum absolute atomic E-state index is 0.192. The number of hydrogen-bond acceptors (Lipinski definition) is 3. The van der Waals surface area contributed by atoms with E-state index >= 15 is 0 Å². The Morgan fingerprint density at radius 2 is 1.85 bits per heavy atom. The molecule has 0 saturated heterocycles. The lowest BCUT2D eigenvalue weighted by atomic mass is 10.2. The molecule has 0 fully saturated rings. The summed E-state index contributed by atoms with van der Waals surface area (Å²) >= 11 is 0. The summed E-state index contributed by atoms with van der Waals surface area (Å²) in [4.78, 5) is 0. The minimum Gasteiger partial charge on any atom is -0.465 e. The second-order valence-electron chi connectivity index (χ2n) is 4.27. The fourth-order valence-electron chi connectivity index (χ4n) is 1.77. The van der Waals surface area contributed by atoms with Crippen LogP contribution in [-0.2, 0) is 13.1 Å². The maximum absolute atomic E-state index is 12.3. The van der Waals surface area contributed by atoms with Crippen LogP contribution >= 0.6 is 0 Å². The number of nitrogens with one attached hydrogen (secondary N) is 1. The highest BCUT2D eigenvalue weighted by Crippen LogP contribution is 2.26. The average molecular weight is 285 g/mol. The van der Waals surface area contributed by atoms with Crippen LogP contribution in [0.4, 0.5) is 13.2 Å². The van der Waals surface area contributed by atoms with Crippen LogP contribution in [0.5, 0.6) is 5.75 Å². The molecule has 108 valence electrons. The highest BCUT2D eigenvalue weighted by Gasteiger charge is 2.31. The van der Waals surface area contributed by atoms with Crippen molar-refractivity contribution in [2.45, 2.75) is 26.4 Å². The number of para-hydroxylation sites is 1. The Kier molecular flexibility index (Phi) is 4.34. The first-order valence-electron chi connectivity index (χ1n) is 6.04. The monoisotopic (exact) mass is 285 g/mol. The van der Waals surface area contributed by atoms with Crippen molar-refractivity contribution in [3.63, 3.8) is 0 Å². The number of furan rings is 1. The first-order chi connectivity index (χ1) is 9.44. The summed E-state index contributed by atoms with van der Waals surface area (Å²) < 4.78 is 46.1. The zero-order valence-electron chi connectivity index (χ0n) is 10.8. The van der Waals surface area contributed by atoms with Crippen molar-refractivity contribution in [3.05, 3.63) is 53.5 Å². The zero-order chi connectivity index (χ0) is 14.6. The van der Waals surface area contributed by atoms with E-state index in [4.69, 9.17) is 4.42 Å². The fourth-order valence-corrected chi connectivity index (χ4v) is 1.77. The van der Waals surface area contributed by atoms with E-state index < -0.39 is 6.36 Å². The molecule has 3 nitrogen and oxygen atoms in total. The highest BCUT2D eigenvalue weighted by molar-refractivity contribution is 5.33. The summed E-state index contributed by atoms with van der Waals surface area (Å²) in [5.74, 6) is 1.34. The first kappa shape index (κ1) is 14.5. The van der Waals surface area contributed by atoms with Gasteiger partial charge in [-0.15, -0.1) is 13.2 Å². The van der Waals surface area contributed by atoms with Gasteiger partial charge in [-0.25, -0.2) is 0 Å². The normalized spacial score (nSPS) is 11.6. The van der Waals surface area contributed by atoms with Crippen molar-refractivity contribution in [2.24, 2.45) is 0 Å². The summed E-state index contributed by atoms with van der Waals surface area (Å²) in [5.41, 5.74) is 0.438. The van der Waals surface area contributed by atoms with Crippen molar-refractivity contribution in [2.75, 3.05) is 0 Å². The third kappa shape index (κ3) is 4.31. The van der Waals surface area contributed by atoms with E-state index in [0.29, 0.717) is 12.1 Å². The van der Waals surface area contributed by atoms with Gasteiger partial charge in [0.25, 0.3) is 0 Å². The molecule has 20 heavy (non-hydrogen) atoms. The lowest BCUT2D eigenvalue weighted by molar-refractivity contribution is -0.274. The molecule has 0 aliphatic heterocycles. The number of alkyl halides is 3. The Labute approximate surface area is 114 Å². The molecule has 1 N–H and O–H groups in total. The Bertz CT molecular complexity index is 564. The van der Waals surface area contributed by atoms with Crippen molar-refractivity contribution >= 4 is 0 Å². The molecular weight excluding hydrogens is 271 g/mol. The minimum atomic E-state index is -4.69. The summed E-state index contributed by atoms with van der Waals surface area (Å²) in [6, 6.07) is 9.69. The number of halogens is 3. The molecule has 0 spiro atoms. The number of hydrogen-bond donors (Lipinski definition) is 1. The summed E-state index contributed by atoms with van der Waals surface area (Å²) in [5, 5.41) is 3.02. The summed E-state index contributed by atoms with van der Waals surface area (Å²) in [7, 11) is 0. The molecular formula is C14H14F3NO2. The molecule has 2 aromatic rings. The molecule has 0 atom stereocenters. The van der Waals surface area contributed by atoms with Gasteiger partial charge in [0.05, 0.1) is 6.54 Å². The first-order valence-corrected chi connectivity index (χ1v) is 6.04. The van der Waals surface area contributed by atoms with Gasteiger partial charge in [-0.05, 0) is 25.1 Å². The van der Waals surface area contributed by atoms with E-state index in [1.165, 1.54) is 12.1 Å². The topological polar surface area (TPSA) is 34.4 Å². The number of aryl methyl sites for hydroxylation is 1. The van der Waals surface area contributed by atoms with Gasteiger partial charge in [-0.3, -0.25) is 0 Å². The lowest BCUT2D eigenvalue weighted by Crippen LogP contribution is -2.19. The Morgan fingerprint density at radius 3 is 2.50 bits per heavy atom. The molecule has 0 bridgehead atoms. The van der Waals surface area contributed by atoms with E-state index in [1.54, 1.807) is 12.1 Å². The second-order valence-corrected chi connectivity index (χ2v) is 4.27. The molecule has 0 aliphatic rings. The largest absolute Gasteiger partial charge is 0.573 e. The van der Waals surface area contributed by atoms with Crippen molar-refractivity contribution in [1.82, 2.24) is 5.32 Å². The quantitative estimate of drug-likeness (QED) is 0.908. The molecule has 0 aliphatic carbocycles. The van der Waals surface area contributed by atoms with Gasteiger partial charge in [-0.2, -0.15) is 0 Å². The standard InChI is InChI=1S/C14H14F3NO2/c1-10-6-7-12(19-10)9-18-8-11-4-2-3-5-13(11)20-14(15,16)17/h2-7,18H,8-9H2,1H3. The SMILES string of the molecule is Cc1ccc(CNCc2ccccc2OC(F)(F)F)o1. The van der Waals surface area contributed by atoms with Crippen molar-refractivity contribution in [3.8, 4) is 5.75 Å². The van der Waals surface area contributed by atoms with Gasteiger partial charge >= 0.3 is 6.36 Å². The fraction of sp³-hybridized carbons (Fsp3) is 0.286. The van der Waals surface area contributed by atoms with Crippen LogP contribution in [0.15, 0.2) is 40.8 Å². The van der Waals surface area contributed by atoms with Crippen LogP contribution in [0.3, 0.4) is 0 Å². The lowest BCUT2D eigenvalue weighted by Gasteiger charge is -2.13. The smallest absolute Gasteiger partial charge is 0.465 e. The van der Waals surface area contributed by atoms with Crippen molar-refractivity contribution < 1.29 is 22.3 Å². The Hall–Kier alpha value is -1.95. The van der Waals surface area contributed by atoms with Crippen LogP contribution < -0.4 is 10.1 Å². The van der Waals surface area contributed by atoms with E-state index in [1.807, 2.05) is 19.1 Å². The number of rotatable bonds is 5. The molecule has 2 rings (SSSR count). The van der Waals surface area contributed by atoms with E-state index in [-0.39, 0.29) is 12.3 Å². The van der Waals surface area contributed by atoms with Crippen LogP contribution in [0.2, 0.25) is 0 Å². The van der Waals surface area contributed by atoms with E-state index in [9.17, 15) is 13.2 Å². The molecule has 6 heteroatoms. The summed E-state index contributed by atoms with van der Waals surface area (Å²) in [6.07, 6.45) is -4.69. The Balaban J connectivity index is 1.95. The molecule has 0 radical (unpaired) electrons. The third-order valence-electron chi connectivity index (χ3n) is 2.61. The van der Waals surface area contributed by atoms with Gasteiger partial charge in [0.15, 0.2) is 0 Å². The molecule has 1 aromatic heterocycles. The molecule has 0 saturated carbocycles. The number of ether oxygens (including phenoxy) is 1. The highest BCUT2D eigenvalue weighted by atomic mass is 19.4. The molecule has 0 unspecified atom stereocenters. The zero-order valence-corrected chi connectivity index (χ0v) is 10.8. The Morgan fingerprint density at radius 1 is 1.10 bits per heavy atom. The van der Waals surface area contributed by atoms with Crippen LogP contribution in [0.25, 0.3) is 0 Å². The molecule has 1 aromatic carbocycles. The van der Waals surface area contributed by atoms with Gasteiger partial charge in [0.2, 0.25) is 0 Å². The maximum Gasteiger partial charge on any atom is 0.573 e. The maximum atomic E-state index is 12.3. The van der Waals surface area contributed by atoms with Gasteiger partial charge < -0.3 is 14.5 Å². The predicted molar refractivity (Wildman–Crippen MR) is 67.1 cm³/mol. The van der Waals surface area contributed by atoms with Gasteiger partial charge in [-0.1, -0.05) is 18.2 Å². The van der Waals surface area contributed by atoms with Crippen LogP contribution in [0.1, 0.15) is 17.1 Å². The molecule has 0 amide bonds. The predicted octanol–water partition coefficient (Wildman–Crippen LogP) is 3.78. The van der Waals surface area contributed by atoms with Crippen molar-refractivity contribution in [1.29, 1.82) is 0 Å². The van der Waals surface area contributed by atoms with Crippen LogP contribution in [0, 0.1) is 6.92 Å². The third-order valence-corrected chi connectivity index (χ3v) is 2.61. The second kappa shape index (κ2) is 6.00. The summed E-state index contributed by atoms with van der Waals surface area (Å²) in [6.45, 7) is 2.52. The van der Waals surface area contributed by atoms with Gasteiger partial charge in [0.1, 0.15) is 17.3 Å². The van der Waals surface area contributed by atoms with E-state index in [2.05, 4.69) is 10.1 Å². The average Bonchev–Trinajstić information content (AvgIpc) is 2.75.